The van der Waals surface area contributed by atoms with Crippen molar-refractivity contribution in [1.29, 1.82) is 0 Å². The molecule has 1 amide bonds. The first kappa shape index (κ1) is 13.9. The van der Waals surface area contributed by atoms with Crippen molar-refractivity contribution in [3.05, 3.63) is 18.2 Å². The van der Waals surface area contributed by atoms with Crippen LogP contribution in [0, 0.1) is 0 Å². The Morgan fingerprint density at radius 1 is 1.42 bits per heavy atom. The number of amides is 1. The smallest absolute Gasteiger partial charge is 0.265 e. The number of aromatic nitrogens is 1. The number of hydrogen-bond acceptors (Lipinski definition) is 6. The first-order chi connectivity index (χ1) is 8.90. The zero-order valence-electron chi connectivity index (χ0n) is 9.79. The van der Waals surface area contributed by atoms with Crippen molar-refractivity contribution in [2.45, 2.75) is 10.8 Å². The maximum atomic E-state index is 11.4. The number of sulfonamides is 1. The van der Waals surface area contributed by atoms with E-state index >= 15 is 0 Å². The summed E-state index contributed by atoms with van der Waals surface area (Å²) in [7, 11) is -3.81. The molecule has 0 unspecified atom stereocenters. The lowest BCUT2D eigenvalue weighted by Crippen LogP contribution is -2.15. The average Bonchev–Trinajstić information content (AvgIpc) is 2.71. The molecule has 5 N–H and O–H groups in total. The van der Waals surface area contributed by atoms with Crippen LogP contribution in [0.5, 0.6) is 0 Å². The van der Waals surface area contributed by atoms with Gasteiger partial charge in [-0.2, -0.15) is 0 Å². The topological polar surface area (TPSA) is 128 Å². The van der Waals surface area contributed by atoms with E-state index in [1.165, 1.54) is 0 Å². The molecule has 1 aromatic heterocycles. The zero-order valence-corrected chi connectivity index (χ0v) is 11.4. The van der Waals surface area contributed by atoms with E-state index in [1.54, 1.807) is 18.2 Å². The second-order valence-corrected chi connectivity index (χ2v) is 6.56. The highest BCUT2D eigenvalue weighted by atomic mass is 32.2. The number of nitrogens with one attached hydrogen (secondary N) is 1. The molecule has 0 bridgehead atoms. The van der Waals surface area contributed by atoms with Crippen molar-refractivity contribution in [3.63, 3.8) is 0 Å². The van der Waals surface area contributed by atoms with Gasteiger partial charge in [0.25, 0.3) is 10.0 Å². The average molecular weight is 300 g/mol. The molecule has 0 radical (unpaired) electrons. The second kappa shape index (κ2) is 5.21. The summed E-state index contributed by atoms with van der Waals surface area (Å²) in [5, 5.41) is 7.68. The first-order valence-electron chi connectivity index (χ1n) is 5.33. The van der Waals surface area contributed by atoms with Crippen molar-refractivity contribution < 1.29 is 13.2 Å². The Morgan fingerprint density at radius 2 is 2.16 bits per heavy atom. The molecule has 19 heavy (non-hydrogen) atoms. The minimum Gasteiger partial charge on any atom is -0.330 e. The number of primary sulfonamides is 1. The number of anilines is 1. The van der Waals surface area contributed by atoms with Crippen molar-refractivity contribution in [1.82, 2.24) is 4.98 Å². The van der Waals surface area contributed by atoms with Gasteiger partial charge in [-0.3, -0.25) is 4.79 Å². The van der Waals surface area contributed by atoms with Gasteiger partial charge in [0.05, 0.1) is 10.2 Å². The van der Waals surface area contributed by atoms with Crippen molar-refractivity contribution in [2.75, 3.05) is 11.9 Å². The van der Waals surface area contributed by atoms with Crippen LogP contribution in [0.25, 0.3) is 10.2 Å². The molecule has 1 aromatic carbocycles. The molecule has 2 rings (SSSR count). The van der Waals surface area contributed by atoms with Gasteiger partial charge in [0.1, 0.15) is 0 Å². The van der Waals surface area contributed by atoms with E-state index in [1.807, 2.05) is 0 Å². The molecule has 9 heteroatoms. The van der Waals surface area contributed by atoms with Gasteiger partial charge in [-0.15, -0.1) is 11.3 Å². The van der Waals surface area contributed by atoms with Crippen molar-refractivity contribution >= 4 is 43.2 Å². The van der Waals surface area contributed by atoms with Crippen LogP contribution in [-0.4, -0.2) is 25.9 Å². The van der Waals surface area contributed by atoms with E-state index in [-0.39, 0.29) is 23.2 Å². The molecule has 0 aliphatic rings. The van der Waals surface area contributed by atoms with Gasteiger partial charge in [-0.25, -0.2) is 18.5 Å². The largest absolute Gasteiger partial charge is 0.330 e. The van der Waals surface area contributed by atoms with Crippen LogP contribution in [0.3, 0.4) is 0 Å². The molecule has 0 aliphatic heterocycles. The fraction of sp³-hybridized carbons (Fsp3) is 0.200. The molecule has 2 aromatic rings. The van der Waals surface area contributed by atoms with Crippen molar-refractivity contribution in [3.8, 4) is 0 Å². The van der Waals surface area contributed by atoms with Gasteiger partial charge in [-0.1, -0.05) is 0 Å². The predicted molar refractivity (Wildman–Crippen MR) is 73.3 cm³/mol. The summed E-state index contributed by atoms with van der Waals surface area (Å²) in [5.41, 5.74) is 6.36. The molecule has 0 atom stereocenters. The lowest BCUT2D eigenvalue weighted by molar-refractivity contribution is -0.116. The minimum atomic E-state index is -3.81. The minimum absolute atomic E-state index is 0.145. The van der Waals surface area contributed by atoms with Crippen LogP contribution in [-0.2, 0) is 14.8 Å². The number of hydrogen-bond donors (Lipinski definition) is 3. The maximum absolute atomic E-state index is 11.4. The fourth-order valence-electron chi connectivity index (χ4n) is 1.46. The first-order valence-corrected chi connectivity index (χ1v) is 7.70. The summed E-state index contributed by atoms with van der Waals surface area (Å²) >= 11 is 0.959. The van der Waals surface area contributed by atoms with E-state index in [2.05, 4.69) is 10.3 Å². The third-order valence-corrected chi connectivity index (χ3v) is 4.61. The molecular weight excluding hydrogens is 288 g/mol. The monoisotopic (exact) mass is 300 g/mol. The van der Waals surface area contributed by atoms with E-state index in [0.717, 1.165) is 11.3 Å². The standard InChI is InChI=1S/C10H12N4O3S2/c11-4-3-9(15)13-6-1-2-7-8(5-6)18-10(14-7)19(12,16)17/h1-2,5H,3-4,11H2,(H,13,15)(H2,12,16,17). The van der Waals surface area contributed by atoms with E-state index < -0.39 is 10.0 Å². The van der Waals surface area contributed by atoms with E-state index in [4.69, 9.17) is 10.9 Å². The highest BCUT2D eigenvalue weighted by Gasteiger charge is 2.14. The van der Waals surface area contributed by atoms with Gasteiger partial charge in [0, 0.05) is 18.7 Å². The summed E-state index contributed by atoms with van der Waals surface area (Å²) in [5.74, 6) is -0.196. The van der Waals surface area contributed by atoms with Gasteiger partial charge in [-0.05, 0) is 18.2 Å². The summed E-state index contributed by atoms with van der Waals surface area (Å²) in [6.07, 6.45) is 0.225. The van der Waals surface area contributed by atoms with Crippen LogP contribution in [0.4, 0.5) is 5.69 Å². The molecule has 0 saturated carbocycles. The summed E-state index contributed by atoms with van der Waals surface area (Å²) < 4.78 is 22.9. The Kier molecular flexibility index (Phi) is 3.80. The summed E-state index contributed by atoms with van der Waals surface area (Å²) in [6, 6.07) is 4.91. The quantitative estimate of drug-likeness (QED) is 0.744. The number of carbonyl (C=O) groups excluding carboxylic acids is 1. The predicted octanol–water partition coefficient (Wildman–Crippen LogP) is 0.231. The number of fused-ring (bicyclic) bond motifs is 1. The SMILES string of the molecule is NCCC(=O)Nc1ccc2nc(S(N)(=O)=O)sc2c1. The lowest BCUT2D eigenvalue weighted by Gasteiger charge is -2.03. The number of rotatable bonds is 4. The highest BCUT2D eigenvalue weighted by Crippen LogP contribution is 2.27. The Morgan fingerprint density at radius 3 is 2.79 bits per heavy atom. The summed E-state index contributed by atoms with van der Waals surface area (Å²) in [4.78, 5) is 15.3. The maximum Gasteiger partial charge on any atom is 0.265 e. The second-order valence-electron chi connectivity index (χ2n) is 3.79. The van der Waals surface area contributed by atoms with Crippen LogP contribution in [0.1, 0.15) is 6.42 Å². The Bertz CT molecular complexity index is 723. The molecule has 0 saturated heterocycles. The van der Waals surface area contributed by atoms with E-state index in [0.29, 0.717) is 15.9 Å². The van der Waals surface area contributed by atoms with Crippen LogP contribution in [0.2, 0.25) is 0 Å². The third kappa shape index (κ3) is 3.26. The molecular formula is C10H12N4O3S2. The van der Waals surface area contributed by atoms with Gasteiger partial charge >= 0.3 is 0 Å². The number of thiazole rings is 1. The van der Waals surface area contributed by atoms with Crippen LogP contribution in [0.15, 0.2) is 22.5 Å². The van der Waals surface area contributed by atoms with Crippen LogP contribution < -0.4 is 16.2 Å². The van der Waals surface area contributed by atoms with Crippen molar-refractivity contribution in [2.24, 2.45) is 10.9 Å². The highest BCUT2D eigenvalue weighted by molar-refractivity contribution is 7.91. The lowest BCUT2D eigenvalue weighted by atomic mass is 10.3. The van der Waals surface area contributed by atoms with E-state index in [9.17, 15) is 13.2 Å². The molecule has 0 aliphatic carbocycles. The normalized spacial score (nSPS) is 11.7. The third-order valence-electron chi connectivity index (χ3n) is 2.27. The number of benzene rings is 1. The number of nitrogens with two attached hydrogens (primary N) is 2. The molecule has 1 heterocycles. The summed E-state index contributed by atoms with van der Waals surface area (Å²) in [6.45, 7) is 0.268. The Labute approximate surface area is 113 Å². The Hall–Kier alpha value is -1.55. The molecule has 0 fully saturated rings. The number of nitrogens with zero attached hydrogens (tertiary/aromatic N) is 1. The van der Waals surface area contributed by atoms with Gasteiger partial charge in [0.15, 0.2) is 0 Å². The van der Waals surface area contributed by atoms with Gasteiger partial charge < -0.3 is 11.1 Å². The Balaban J connectivity index is 2.33. The van der Waals surface area contributed by atoms with Gasteiger partial charge in [0.2, 0.25) is 10.2 Å². The molecule has 102 valence electrons. The van der Waals surface area contributed by atoms with Crippen LogP contribution >= 0.6 is 11.3 Å². The number of carbonyl (C=O) groups is 1. The molecule has 7 nitrogen and oxygen atoms in total. The fourth-order valence-corrected chi connectivity index (χ4v) is 3.15. The molecule has 0 spiro atoms. The zero-order chi connectivity index (χ0) is 14.0.